The lowest BCUT2D eigenvalue weighted by Gasteiger charge is -2.22. The summed E-state index contributed by atoms with van der Waals surface area (Å²) in [6.45, 7) is 8.03. The maximum atomic E-state index is 13.6. The molecule has 0 unspecified atom stereocenters. The zero-order valence-corrected chi connectivity index (χ0v) is 21.1. The third-order valence-corrected chi connectivity index (χ3v) is 5.63. The van der Waals surface area contributed by atoms with Gasteiger partial charge in [-0.2, -0.15) is 5.10 Å². The molecule has 4 rings (SSSR count). The molecular formula is C27H30N4O4. The van der Waals surface area contributed by atoms with E-state index >= 15 is 0 Å². The number of aryl methyl sites for hydroxylation is 1. The van der Waals surface area contributed by atoms with Gasteiger partial charge < -0.3 is 19.5 Å². The third-order valence-electron chi connectivity index (χ3n) is 5.63. The predicted octanol–water partition coefficient (Wildman–Crippen LogP) is 5.44. The number of amides is 1. The van der Waals surface area contributed by atoms with Gasteiger partial charge in [0, 0.05) is 17.0 Å². The van der Waals surface area contributed by atoms with Crippen LogP contribution in [0.2, 0.25) is 0 Å². The van der Waals surface area contributed by atoms with E-state index in [0.717, 1.165) is 16.6 Å². The molecule has 0 bridgehead atoms. The van der Waals surface area contributed by atoms with Crippen molar-refractivity contribution in [3.63, 3.8) is 0 Å². The van der Waals surface area contributed by atoms with E-state index in [2.05, 4.69) is 10.4 Å². The minimum Gasteiger partial charge on any atom is -0.493 e. The number of methoxy groups -OCH3 is 3. The fraction of sp³-hybridized carbons (Fsp3) is 0.296. The molecule has 8 nitrogen and oxygen atoms in total. The predicted molar refractivity (Wildman–Crippen MR) is 137 cm³/mol. The number of nitrogens with zero attached hydrogens (tertiary/aromatic N) is 3. The number of benzene rings is 2. The molecule has 0 saturated heterocycles. The first-order valence-corrected chi connectivity index (χ1v) is 11.2. The van der Waals surface area contributed by atoms with Crippen LogP contribution in [-0.2, 0) is 5.54 Å². The second-order valence-corrected chi connectivity index (χ2v) is 9.19. The fourth-order valence-corrected chi connectivity index (χ4v) is 4.02. The number of rotatable bonds is 6. The minimum atomic E-state index is -0.293. The molecule has 0 aliphatic rings. The summed E-state index contributed by atoms with van der Waals surface area (Å²) in [5, 5.41) is 8.36. The van der Waals surface area contributed by atoms with Crippen LogP contribution in [0.15, 0.2) is 48.5 Å². The molecule has 0 fully saturated rings. The Morgan fingerprint density at radius 1 is 0.943 bits per heavy atom. The molecule has 0 aliphatic carbocycles. The number of nitrogens with one attached hydrogen (secondary N) is 1. The summed E-state index contributed by atoms with van der Waals surface area (Å²) in [7, 11) is 4.68. The lowest BCUT2D eigenvalue weighted by Crippen LogP contribution is -2.27. The van der Waals surface area contributed by atoms with Crippen LogP contribution in [0.5, 0.6) is 17.2 Å². The van der Waals surface area contributed by atoms with E-state index in [-0.39, 0.29) is 11.4 Å². The largest absolute Gasteiger partial charge is 0.493 e. The van der Waals surface area contributed by atoms with Crippen LogP contribution in [-0.4, -0.2) is 42.0 Å². The number of carbonyl (C=O) groups excluding carboxylic acids is 1. The number of hydrogen-bond acceptors (Lipinski definition) is 6. The van der Waals surface area contributed by atoms with Gasteiger partial charge in [0.15, 0.2) is 11.5 Å². The number of hydrogen-bond donors (Lipinski definition) is 1. The summed E-state index contributed by atoms with van der Waals surface area (Å²) in [5.74, 6) is 1.89. The summed E-state index contributed by atoms with van der Waals surface area (Å²) >= 11 is 0. The Balaban J connectivity index is 1.85. The number of para-hydroxylation sites is 1. The molecule has 4 aromatic rings. The first-order valence-electron chi connectivity index (χ1n) is 11.2. The van der Waals surface area contributed by atoms with Gasteiger partial charge >= 0.3 is 0 Å². The van der Waals surface area contributed by atoms with Crippen LogP contribution in [0.4, 0.5) is 5.82 Å². The highest BCUT2D eigenvalue weighted by Gasteiger charge is 2.22. The Kier molecular flexibility index (Phi) is 6.39. The summed E-state index contributed by atoms with van der Waals surface area (Å²) in [5.41, 5.74) is 3.07. The molecule has 2 aromatic carbocycles. The van der Waals surface area contributed by atoms with Gasteiger partial charge in [-0.1, -0.05) is 18.2 Å². The fourth-order valence-electron chi connectivity index (χ4n) is 4.02. The highest BCUT2D eigenvalue weighted by atomic mass is 16.5. The van der Waals surface area contributed by atoms with E-state index in [0.29, 0.717) is 39.8 Å². The molecule has 182 valence electrons. The van der Waals surface area contributed by atoms with Crippen molar-refractivity contribution in [1.29, 1.82) is 0 Å². The molecular weight excluding hydrogens is 444 g/mol. The van der Waals surface area contributed by atoms with Gasteiger partial charge in [0.25, 0.3) is 5.91 Å². The smallest absolute Gasteiger partial charge is 0.257 e. The molecule has 2 aromatic heterocycles. The number of anilines is 1. The second kappa shape index (κ2) is 9.29. The molecule has 0 saturated carbocycles. The summed E-state index contributed by atoms with van der Waals surface area (Å²) in [4.78, 5) is 18.4. The van der Waals surface area contributed by atoms with Crippen molar-refractivity contribution in [2.45, 2.75) is 33.2 Å². The molecule has 0 spiro atoms. The Hall–Kier alpha value is -4.07. The molecule has 1 amide bonds. The van der Waals surface area contributed by atoms with Crippen molar-refractivity contribution >= 4 is 22.6 Å². The Labute approximate surface area is 204 Å². The summed E-state index contributed by atoms with van der Waals surface area (Å²) < 4.78 is 18.3. The van der Waals surface area contributed by atoms with Crippen LogP contribution < -0.4 is 19.5 Å². The number of fused-ring (bicyclic) bond motifs is 1. The third kappa shape index (κ3) is 4.64. The second-order valence-electron chi connectivity index (χ2n) is 9.19. The molecule has 0 atom stereocenters. The minimum absolute atomic E-state index is 0.248. The number of pyridine rings is 1. The molecule has 8 heteroatoms. The summed E-state index contributed by atoms with van der Waals surface area (Å²) in [6, 6.07) is 14.9. The number of aromatic nitrogens is 3. The average Bonchev–Trinajstić information content (AvgIpc) is 3.22. The lowest BCUT2D eigenvalue weighted by atomic mass is 10.0. The number of carbonyl (C=O) groups is 1. The highest BCUT2D eigenvalue weighted by molar-refractivity contribution is 6.13. The maximum absolute atomic E-state index is 13.6. The zero-order valence-electron chi connectivity index (χ0n) is 21.1. The quantitative estimate of drug-likeness (QED) is 0.400. The van der Waals surface area contributed by atoms with Gasteiger partial charge in [-0.05, 0) is 52.0 Å². The van der Waals surface area contributed by atoms with Crippen molar-refractivity contribution in [1.82, 2.24) is 14.8 Å². The monoisotopic (exact) mass is 474 g/mol. The van der Waals surface area contributed by atoms with Gasteiger partial charge in [-0.25, -0.2) is 9.67 Å². The first-order chi connectivity index (χ1) is 16.7. The van der Waals surface area contributed by atoms with Gasteiger partial charge in [0.2, 0.25) is 5.75 Å². The van der Waals surface area contributed by atoms with Crippen LogP contribution in [0, 0.1) is 6.92 Å². The SMILES string of the molecule is COc1cc(-c2cc(C(=O)Nc3cc(C)nn3C(C)(C)C)c3ccccc3n2)cc(OC)c1OC. The van der Waals surface area contributed by atoms with Crippen molar-refractivity contribution in [3.05, 3.63) is 59.8 Å². The van der Waals surface area contributed by atoms with Crippen LogP contribution in [0.1, 0.15) is 36.8 Å². The Morgan fingerprint density at radius 3 is 2.20 bits per heavy atom. The van der Waals surface area contributed by atoms with Gasteiger partial charge in [0.1, 0.15) is 5.82 Å². The molecule has 0 radical (unpaired) electrons. The van der Waals surface area contributed by atoms with Gasteiger partial charge in [0.05, 0.1) is 49.3 Å². The molecule has 2 heterocycles. The van der Waals surface area contributed by atoms with Crippen molar-refractivity contribution in [3.8, 4) is 28.5 Å². The van der Waals surface area contributed by atoms with E-state index < -0.39 is 0 Å². The van der Waals surface area contributed by atoms with Crippen LogP contribution >= 0.6 is 0 Å². The van der Waals surface area contributed by atoms with E-state index in [1.54, 1.807) is 27.4 Å². The van der Waals surface area contributed by atoms with Crippen LogP contribution in [0.25, 0.3) is 22.2 Å². The Bertz CT molecular complexity index is 1380. The normalized spacial score (nSPS) is 11.4. The van der Waals surface area contributed by atoms with Crippen molar-refractivity contribution < 1.29 is 19.0 Å². The first kappa shape index (κ1) is 24.1. The summed E-state index contributed by atoms with van der Waals surface area (Å²) in [6.07, 6.45) is 0. The Morgan fingerprint density at radius 2 is 1.60 bits per heavy atom. The van der Waals surface area contributed by atoms with E-state index in [4.69, 9.17) is 19.2 Å². The van der Waals surface area contributed by atoms with E-state index in [9.17, 15) is 4.79 Å². The zero-order chi connectivity index (χ0) is 25.3. The van der Waals surface area contributed by atoms with Crippen molar-refractivity contribution in [2.75, 3.05) is 26.6 Å². The molecule has 35 heavy (non-hydrogen) atoms. The lowest BCUT2D eigenvalue weighted by molar-refractivity contribution is 0.102. The van der Waals surface area contributed by atoms with Gasteiger partial charge in [-0.3, -0.25) is 4.79 Å². The maximum Gasteiger partial charge on any atom is 0.257 e. The van der Waals surface area contributed by atoms with Crippen LogP contribution in [0.3, 0.4) is 0 Å². The molecule has 0 aliphatic heterocycles. The molecule has 1 N–H and O–H groups in total. The average molecular weight is 475 g/mol. The standard InChI is InChI=1S/C27H30N4O4/c1-16-12-24(31(30-16)27(2,3)4)29-26(32)19-15-21(28-20-11-9-8-10-18(19)20)17-13-22(33-5)25(35-7)23(14-17)34-6/h8-15H,1-7H3,(H,29,32). The highest BCUT2D eigenvalue weighted by Crippen LogP contribution is 2.41. The van der Waals surface area contributed by atoms with E-state index in [1.165, 1.54) is 0 Å². The van der Waals surface area contributed by atoms with Gasteiger partial charge in [-0.15, -0.1) is 0 Å². The van der Waals surface area contributed by atoms with Crippen molar-refractivity contribution in [2.24, 2.45) is 0 Å². The van der Waals surface area contributed by atoms with E-state index in [1.807, 2.05) is 74.8 Å². The topological polar surface area (TPSA) is 87.5 Å². The number of ether oxygens (including phenoxy) is 3.